The molecule has 0 aromatic heterocycles. The van der Waals surface area contributed by atoms with Gasteiger partial charge in [-0.2, -0.15) is 0 Å². The number of carbonyl (C=O) groups excluding carboxylic acids is 2. The Kier molecular flexibility index (Phi) is 4.30. The molecule has 1 aromatic carbocycles. The molecule has 1 aliphatic carbocycles. The first-order valence-electron chi connectivity index (χ1n) is 6.56. The number of hydrogen-bond donors (Lipinski definition) is 0. The van der Waals surface area contributed by atoms with Gasteiger partial charge in [-0.15, -0.1) is 0 Å². The summed E-state index contributed by atoms with van der Waals surface area (Å²) in [7, 11) is 0. The summed E-state index contributed by atoms with van der Waals surface area (Å²) in [5.41, 5.74) is 0.439. The van der Waals surface area contributed by atoms with E-state index in [1.54, 1.807) is 25.1 Å². The molecular formula is C15H17FO3. The summed E-state index contributed by atoms with van der Waals surface area (Å²) < 4.78 is 18.9. The Morgan fingerprint density at radius 3 is 2.84 bits per heavy atom. The first kappa shape index (κ1) is 13.7. The van der Waals surface area contributed by atoms with E-state index in [9.17, 15) is 14.0 Å². The van der Waals surface area contributed by atoms with Crippen LogP contribution in [-0.4, -0.2) is 18.4 Å². The monoisotopic (exact) mass is 264 g/mol. The van der Waals surface area contributed by atoms with Crippen LogP contribution in [0.3, 0.4) is 0 Å². The van der Waals surface area contributed by atoms with Crippen molar-refractivity contribution in [3.8, 4) is 0 Å². The molecule has 2 rings (SSSR count). The lowest BCUT2D eigenvalue weighted by atomic mass is 9.75. The maximum Gasteiger partial charge on any atom is 0.309 e. The van der Waals surface area contributed by atoms with Crippen LogP contribution in [-0.2, 0) is 14.3 Å². The number of carbonyl (C=O) groups is 2. The Morgan fingerprint density at radius 1 is 1.42 bits per heavy atom. The van der Waals surface area contributed by atoms with E-state index in [0.717, 1.165) is 0 Å². The fraction of sp³-hybridized carbons (Fsp3) is 0.467. The average Bonchev–Trinajstić information content (AvgIpc) is 2.39. The Morgan fingerprint density at radius 2 is 2.16 bits per heavy atom. The van der Waals surface area contributed by atoms with Crippen molar-refractivity contribution in [2.45, 2.75) is 32.1 Å². The number of Topliss-reactive ketones (excluding diaryl/α,β-unsaturated/α-hetero) is 1. The number of esters is 1. The zero-order chi connectivity index (χ0) is 13.8. The van der Waals surface area contributed by atoms with Crippen LogP contribution in [0.5, 0.6) is 0 Å². The lowest BCUT2D eigenvalue weighted by Crippen LogP contribution is -2.31. The summed E-state index contributed by atoms with van der Waals surface area (Å²) in [6.45, 7) is 2.04. The van der Waals surface area contributed by atoms with Crippen LogP contribution in [0, 0.1) is 11.7 Å². The minimum atomic E-state index is -0.422. The van der Waals surface area contributed by atoms with Gasteiger partial charge in [-0.05, 0) is 25.0 Å². The van der Waals surface area contributed by atoms with Gasteiger partial charge in [0.25, 0.3) is 0 Å². The minimum Gasteiger partial charge on any atom is -0.466 e. The molecule has 1 aromatic rings. The quantitative estimate of drug-likeness (QED) is 0.788. The Balaban J connectivity index is 2.29. The van der Waals surface area contributed by atoms with Gasteiger partial charge >= 0.3 is 5.97 Å². The minimum absolute atomic E-state index is 0.0776. The lowest BCUT2D eigenvalue weighted by molar-refractivity contribution is -0.150. The second-order valence-electron chi connectivity index (χ2n) is 4.77. The molecule has 1 saturated carbocycles. The van der Waals surface area contributed by atoms with Crippen LogP contribution >= 0.6 is 0 Å². The highest BCUT2D eigenvalue weighted by Crippen LogP contribution is 2.38. The summed E-state index contributed by atoms with van der Waals surface area (Å²) in [6, 6.07) is 6.32. The highest BCUT2D eigenvalue weighted by Gasteiger charge is 2.37. The van der Waals surface area contributed by atoms with Crippen LogP contribution in [0.2, 0.25) is 0 Å². The molecule has 0 heterocycles. The van der Waals surface area contributed by atoms with E-state index in [1.165, 1.54) is 6.07 Å². The smallest absolute Gasteiger partial charge is 0.309 e. The molecule has 0 aliphatic heterocycles. The molecule has 0 spiro atoms. The van der Waals surface area contributed by atoms with Crippen molar-refractivity contribution in [1.82, 2.24) is 0 Å². The van der Waals surface area contributed by atoms with E-state index in [-0.39, 0.29) is 24.0 Å². The molecule has 19 heavy (non-hydrogen) atoms. The number of ketones is 1. The molecule has 0 bridgehead atoms. The van der Waals surface area contributed by atoms with Crippen LogP contribution in [0.25, 0.3) is 0 Å². The molecule has 0 amide bonds. The number of benzene rings is 1. The van der Waals surface area contributed by atoms with E-state index >= 15 is 0 Å². The summed E-state index contributed by atoms with van der Waals surface area (Å²) >= 11 is 0. The molecule has 1 fully saturated rings. The third-order valence-electron chi connectivity index (χ3n) is 3.56. The van der Waals surface area contributed by atoms with Gasteiger partial charge in [-0.1, -0.05) is 18.2 Å². The summed E-state index contributed by atoms with van der Waals surface area (Å²) in [4.78, 5) is 23.6. The SMILES string of the molecule is CCOC(=O)C1CCC(=O)CC1c1ccccc1F. The summed E-state index contributed by atoms with van der Waals surface area (Å²) in [6.07, 6.45) is 1.02. The third-order valence-corrected chi connectivity index (χ3v) is 3.56. The lowest BCUT2D eigenvalue weighted by Gasteiger charge is -2.29. The molecule has 0 saturated heterocycles. The van der Waals surface area contributed by atoms with Gasteiger partial charge < -0.3 is 4.74 Å². The van der Waals surface area contributed by atoms with Crippen molar-refractivity contribution in [2.24, 2.45) is 5.92 Å². The highest BCUT2D eigenvalue weighted by molar-refractivity contribution is 5.84. The van der Waals surface area contributed by atoms with Crippen molar-refractivity contribution in [1.29, 1.82) is 0 Å². The first-order valence-corrected chi connectivity index (χ1v) is 6.56. The standard InChI is InChI=1S/C15H17FO3/c1-2-19-15(18)12-8-7-10(17)9-13(12)11-5-3-4-6-14(11)16/h3-6,12-13H,2,7-9H2,1H3. The third kappa shape index (κ3) is 3.00. The molecular weight excluding hydrogens is 247 g/mol. The van der Waals surface area contributed by atoms with Gasteiger partial charge in [0.2, 0.25) is 0 Å². The van der Waals surface area contributed by atoms with Crippen LogP contribution in [0.15, 0.2) is 24.3 Å². The van der Waals surface area contributed by atoms with Gasteiger partial charge in [-0.3, -0.25) is 9.59 Å². The second-order valence-corrected chi connectivity index (χ2v) is 4.77. The zero-order valence-electron chi connectivity index (χ0n) is 10.9. The van der Waals surface area contributed by atoms with Crippen LogP contribution in [0.4, 0.5) is 4.39 Å². The van der Waals surface area contributed by atoms with E-state index in [2.05, 4.69) is 0 Å². The number of hydrogen-bond acceptors (Lipinski definition) is 3. The van der Waals surface area contributed by atoms with E-state index in [0.29, 0.717) is 25.0 Å². The van der Waals surface area contributed by atoms with Crippen LogP contribution in [0.1, 0.15) is 37.7 Å². The van der Waals surface area contributed by atoms with Gasteiger partial charge in [-0.25, -0.2) is 4.39 Å². The molecule has 2 unspecified atom stereocenters. The number of halogens is 1. The van der Waals surface area contributed by atoms with Gasteiger partial charge in [0, 0.05) is 18.8 Å². The van der Waals surface area contributed by atoms with Gasteiger partial charge in [0.05, 0.1) is 12.5 Å². The van der Waals surface area contributed by atoms with Crippen molar-refractivity contribution in [3.05, 3.63) is 35.6 Å². The molecule has 1 aliphatic rings. The normalized spacial score (nSPS) is 23.2. The number of rotatable bonds is 3. The molecule has 4 heteroatoms. The van der Waals surface area contributed by atoms with E-state index in [1.807, 2.05) is 0 Å². The van der Waals surface area contributed by atoms with E-state index < -0.39 is 11.8 Å². The highest BCUT2D eigenvalue weighted by atomic mass is 19.1. The fourth-order valence-corrected chi connectivity index (χ4v) is 2.64. The van der Waals surface area contributed by atoms with Crippen molar-refractivity contribution in [2.75, 3.05) is 6.61 Å². The van der Waals surface area contributed by atoms with Crippen molar-refractivity contribution in [3.63, 3.8) is 0 Å². The molecule has 2 atom stereocenters. The predicted molar refractivity (Wildman–Crippen MR) is 68.1 cm³/mol. The largest absolute Gasteiger partial charge is 0.466 e. The maximum atomic E-state index is 13.9. The summed E-state index contributed by atoms with van der Waals surface area (Å²) in [5.74, 6) is -1.44. The predicted octanol–water partition coefficient (Wildman–Crippen LogP) is 2.84. The molecule has 3 nitrogen and oxygen atoms in total. The first-order chi connectivity index (χ1) is 9.13. The van der Waals surface area contributed by atoms with Gasteiger partial charge in [0.1, 0.15) is 11.6 Å². The Hall–Kier alpha value is -1.71. The van der Waals surface area contributed by atoms with Crippen LogP contribution < -0.4 is 0 Å². The maximum absolute atomic E-state index is 13.9. The molecule has 0 N–H and O–H groups in total. The number of ether oxygens (including phenoxy) is 1. The molecule has 0 radical (unpaired) electrons. The topological polar surface area (TPSA) is 43.4 Å². The van der Waals surface area contributed by atoms with Crippen molar-refractivity contribution < 1.29 is 18.7 Å². The Labute approximate surface area is 111 Å². The average molecular weight is 264 g/mol. The fourth-order valence-electron chi connectivity index (χ4n) is 2.64. The van der Waals surface area contributed by atoms with E-state index in [4.69, 9.17) is 4.74 Å². The molecule has 102 valence electrons. The second kappa shape index (κ2) is 5.95. The van der Waals surface area contributed by atoms with Gasteiger partial charge in [0.15, 0.2) is 0 Å². The zero-order valence-corrected chi connectivity index (χ0v) is 10.9. The van der Waals surface area contributed by atoms with Crippen molar-refractivity contribution >= 4 is 11.8 Å². The Bertz CT molecular complexity index is 484. The summed E-state index contributed by atoms with van der Waals surface area (Å²) in [5, 5.41) is 0.